The molecule has 0 aromatic heterocycles. The van der Waals surface area contributed by atoms with Gasteiger partial charge in [-0.2, -0.15) is 0 Å². The average Bonchev–Trinajstić information content (AvgIpc) is 3.12. The van der Waals surface area contributed by atoms with E-state index in [1.807, 2.05) is 6.07 Å². The lowest BCUT2D eigenvalue weighted by Gasteiger charge is -2.44. The fourth-order valence-electron chi connectivity index (χ4n) is 6.47. The number of hydrogen-bond donors (Lipinski definition) is 7. The van der Waals surface area contributed by atoms with Gasteiger partial charge in [-0.05, 0) is 47.4 Å². The predicted molar refractivity (Wildman–Crippen MR) is 183 cm³/mol. The number of hydrogen-bond acceptors (Lipinski definition) is 13. The Morgan fingerprint density at radius 1 is 0.846 bits per heavy atom. The molecule has 52 heavy (non-hydrogen) atoms. The summed E-state index contributed by atoms with van der Waals surface area (Å²) in [7, 11) is 0. The van der Waals surface area contributed by atoms with Crippen LogP contribution < -0.4 is 9.47 Å². The molecule has 6 rings (SSSR count). The fraction of sp³-hybridized carbons (Fsp3) is 0.256. The van der Waals surface area contributed by atoms with Crippen LogP contribution in [0.15, 0.2) is 66.7 Å². The number of phenols is 1. The first-order valence-electron chi connectivity index (χ1n) is 16.3. The van der Waals surface area contributed by atoms with E-state index in [2.05, 4.69) is 0 Å². The summed E-state index contributed by atoms with van der Waals surface area (Å²) >= 11 is 0. The van der Waals surface area contributed by atoms with Gasteiger partial charge in [-0.1, -0.05) is 60.7 Å². The number of aromatic hydroxyl groups is 1. The smallest absolute Gasteiger partial charge is 0.308 e. The van der Waals surface area contributed by atoms with Crippen molar-refractivity contribution in [3.8, 4) is 17.2 Å². The number of phenolic OH excluding ortho intramolecular Hbond substituents is 1. The number of esters is 1. The van der Waals surface area contributed by atoms with Crippen molar-refractivity contribution in [1.82, 2.24) is 0 Å². The van der Waals surface area contributed by atoms with Crippen LogP contribution >= 0.6 is 0 Å². The molecule has 0 unspecified atom stereocenters. The van der Waals surface area contributed by atoms with Gasteiger partial charge in [-0.15, -0.1) is 0 Å². The monoisotopic (exact) mass is 712 g/mol. The van der Waals surface area contributed by atoms with Crippen LogP contribution in [-0.4, -0.2) is 83.7 Å². The van der Waals surface area contributed by atoms with Crippen LogP contribution in [0.5, 0.6) is 17.2 Å². The normalized spacial score (nSPS) is 20.8. The zero-order valence-electron chi connectivity index (χ0n) is 28.0. The van der Waals surface area contributed by atoms with E-state index in [1.54, 1.807) is 54.6 Å². The van der Waals surface area contributed by atoms with Crippen molar-refractivity contribution in [1.29, 1.82) is 0 Å². The maximum atomic E-state index is 14.6. The summed E-state index contributed by atoms with van der Waals surface area (Å²) in [5, 5.41) is 74.0. The van der Waals surface area contributed by atoms with Gasteiger partial charge in [-0.3, -0.25) is 14.4 Å². The third-order valence-electron chi connectivity index (χ3n) is 9.09. The molecular formula is C39H36O13. The Kier molecular flexibility index (Phi) is 10.1. The third-order valence-corrected chi connectivity index (χ3v) is 9.09. The zero-order chi connectivity index (χ0) is 37.5. The van der Waals surface area contributed by atoms with Gasteiger partial charge in [0.05, 0.1) is 24.9 Å². The van der Waals surface area contributed by atoms with Crippen molar-refractivity contribution < 1.29 is 64.3 Å². The van der Waals surface area contributed by atoms with E-state index in [9.17, 15) is 50.1 Å². The molecule has 7 N–H and O–H groups in total. The SMILES string of the molecule is CC(=O)Oc1cc(CO)c2c(c1/C=C/c1ccccc1)C(=O)c1cc(O[C@H]3O[C@@H](C)[C@@H](O)C(O)(O)[C@H]3O)c(Cc3cccc(CO)c3)c(O)c1C2=O. The maximum absolute atomic E-state index is 14.6. The molecule has 1 heterocycles. The number of fused-ring (bicyclic) bond motifs is 2. The van der Waals surface area contributed by atoms with Gasteiger partial charge < -0.3 is 50.0 Å². The molecule has 0 amide bonds. The minimum atomic E-state index is -3.08. The molecular weight excluding hydrogens is 676 g/mol. The minimum absolute atomic E-state index is 0.0429. The van der Waals surface area contributed by atoms with E-state index in [0.717, 1.165) is 13.0 Å². The summed E-state index contributed by atoms with van der Waals surface area (Å²) in [6, 6.07) is 18.0. The average molecular weight is 713 g/mol. The Morgan fingerprint density at radius 3 is 2.23 bits per heavy atom. The van der Waals surface area contributed by atoms with Crippen molar-refractivity contribution in [2.24, 2.45) is 0 Å². The Labute approximate surface area is 297 Å². The van der Waals surface area contributed by atoms with Crippen LogP contribution in [0.2, 0.25) is 0 Å². The molecule has 4 aromatic rings. The van der Waals surface area contributed by atoms with Crippen LogP contribution in [0.3, 0.4) is 0 Å². The molecule has 2 aliphatic rings. The van der Waals surface area contributed by atoms with Crippen LogP contribution in [0.1, 0.15) is 79.1 Å². The van der Waals surface area contributed by atoms with E-state index in [-0.39, 0.29) is 57.9 Å². The lowest BCUT2D eigenvalue weighted by atomic mass is 9.77. The fourth-order valence-corrected chi connectivity index (χ4v) is 6.47. The molecule has 0 spiro atoms. The summed E-state index contributed by atoms with van der Waals surface area (Å²) in [4.78, 5) is 41.2. The van der Waals surface area contributed by atoms with Crippen molar-refractivity contribution in [3.63, 3.8) is 0 Å². The van der Waals surface area contributed by atoms with Gasteiger partial charge in [0.25, 0.3) is 0 Å². The number of aliphatic hydroxyl groups excluding tert-OH is 4. The molecule has 270 valence electrons. The van der Waals surface area contributed by atoms with Gasteiger partial charge in [0.1, 0.15) is 23.4 Å². The lowest BCUT2D eigenvalue weighted by Crippen LogP contribution is -2.67. The summed E-state index contributed by atoms with van der Waals surface area (Å²) < 4.78 is 17.0. The highest BCUT2D eigenvalue weighted by atomic mass is 16.7. The molecule has 1 fully saturated rings. The molecule has 4 aromatic carbocycles. The second-order valence-corrected chi connectivity index (χ2v) is 12.6. The van der Waals surface area contributed by atoms with Crippen molar-refractivity contribution in [2.75, 3.05) is 0 Å². The molecule has 1 aliphatic heterocycles. The van der Waals surface area contributed by atoms with Crippen LogP contribution in [0.4, 0.5) is 0 Å². The van der Waals surface area contributed by atoms with Gasteiger partial charge in [0.15, 0.2) is 17.7 Å². The maximum Gasteiger partial charge on any atom is 0.308 e. The first-order chi connectivity index (χ1) is 24.8. The quantitative estimate of drug-likeness (QED) is 0.0506. The van der Waals surface area contributed by atoms with Crippen molar-refractivity contribution in [2.45, 2.75) is 63.9 Å². The Balaban J connectivity index is 1.57. The lowest BCUT2D eigenvalue weighted by molar-refractivity contribution is -0.371. The second kappa shape index (κ2) is 14.4. The highest BCUT2D eigenvalue weighted by molar-refractivity contribution is 6.31. The highest BCUT2D eigenvalue weighted by Gasteiger charge is 2.54. The van der Waals surface area contributed by atoms with E-state index in [1.165, 1.54) is 19.1 Å². The summed E-state index contributed by atoms with van der Waals surface area (Å²) in [6.07, 6.45) is -4.30. The molecule has 4 atom stereocenters. The summed E-state index contributed by atoms with van der Waals surface area (Å²) in [5.74, 6) is -6.54. The standard InChI is InChI=1S/C39H36O13/c1-19-36(46)39(48,49)37(47)38(50-19)52-29-16-27-32(33(43)26(29)14-22-9-6-10-23(13-22)17-40)35(45)30-24(18-41)15-28(51-20(2)42)25(31(30)34(27)44)12-11-21-7-4-3-5-8-21/h3-13,15-16,19,36-38,40-41,43,46-49H,14,17-18H2,1-2H3/b12-11+/t19-,36+,37-,38+/m0/s1. The van der Waals surface area contributed by atoms with Crippen LogP contribution in [0.25, 0.3) is 12.2 Å². The third kappa shape index (κ3) is 6.62. The molecule has 0 radical (unpaired) electrons. The molecule has 0 bridgehead atoms. The molecule has 13 nitrogen and oxygen atoms in total. The number of rotatable bonds is 9. The van der Waals surface area contributed by atoms with E-state index in [0.29, 0.717) is 16.7 Å². The van der Waals surface area contributed by atoms with Gasteiger partial charge >= 0.3 is 5.97 Å². The van der Waals surface area contributed by atoms with E-state index >= 15 is 0 Å². The number of benzene rings is 4. The Hall–Kier alpha value is -5.25. The largest absolute Gasteiger partial charge is 0.507 e. The zero-order valence-corrected chi connectivity index (χ0v) is 28.0. The second-order valence-electron chi connectivity index (χ2n) is 12.6. The minimum Gasteiger partial charge on any atom is -0.507 e. The number of ketones is 2. The van der Waals surface area contributed by atoms with Crippen LogP contribution in [-0.2, 0) is 29.2 Å². The predicted octanol–water partition coefficient (Wildman–Crippen LogP) is 2.37. The number of carbonyl (C=O) groups is 3. The van der Waals surface area contributed by atoms with Gasteiger partial charge in [-0.25, -0.2) is 0 Å². The van der Waals surface area contributed by atoms with E-state index in [4.69, 9.17) is 14.2 Å². The molecule has 1 aliphatic carbocycles. The highest BCUT2D eigenvalue weighted by Crippen LogP contribution is 2.45. The van der Waals surface area contributed by atoms with E-state index < -0.39 is 65.8 Å². The van der Waals surface area contributed by atoms with Gasteiger partial charge in [0, 0.05) is 41.2 Å². The Bertz CT molecular complexity index is 2090. The van der Waals surface area contributed by atoms with Gasteiger partial charge in [0.2, 0.25) is 12.1 Å². The molecule has 0 saturated carbocycles. The summed E-state index contributed by atoms with van der Waals surface area (Å²) in [5.41, 5.74) is 0.487. The molecule has 13 heteroatoms. The first-order valence-corrected chi connectivity index (χ1v) is 16.3. The first kappa shape index (κ1) is 36.5. The molecule has 1 saturated heterocycles. The van der Waals surface area contributed by atoms with Crippen molar-refractivity contribution >= 4 is 29.7 Å². The number of aliphatic hydroxyl groups is 6. The number of ether oxygens (including phenoxy) is 3. The van der Waals surface area contributed by atoms with Crippen LogP contribution in [0, 0.1) is 0 Å². The Morgan fingerprint density at radius 2 is 1.56 bits per heavy atom. The van der Waals surface area contributed by atoms with Crippen molar-refractivity contribution in [3.05, 3.63) is 122 Å². The number of carbonyl (C=O) groups excluding carboxylic acids is 3. The summed E-state index contributed by atoms with van der Waals surface area (Å²) in [6.45, 7) is 1.43. The topological polar surface area (TPSA) is 221 Å².